The van der Waals surface area contributed by atoms with Crippen molar-refractivity contribution in [1.82, 2.24) is 14.8 Å². The highest BCUT2D eigenvalue weighted by molar-refractivity contribution is 5.87. The average molecular weight is 526 g/mol. The minimum Gasteiger partial charge on any atom is -0.493 e. The number of nitrogens with zero attached hydrogens (tertiary/aromatic N) is 2. The molecule has 1 amide bonds. The van der Waals surface area contributed by atoms with Crippen LogP contribution >= 0.6 is 0 Å². The van der Waals surface area contributed by atoms with Gasteiger partial charge < -0.3 is 24.3 Å². The molecule has 0 spiro atoms. The van der Waals surface area contributed by atoms with E-state index in [1.165, 1.54) is 24.0 Å². The van der Waals surface area contributed by atoms with Gasteiger partial charge in [-0.1, -0.05) is 54.1 Å². The quantitative estimate of drug-likeness (QED) is 0.271. The molecule has 1 aromatic heterocycles. The Bertz CT molecular complexity index is 1400. The molecule has 3 aromatic carbocycles. The van der Waals surface area contributed by atoms with Crippen LogP contribution in [-0.4, -0.2) is 55.8 Å². The van der Waals surface area contributed by atoms with Gasteiger partial charge >= 0.3 is 0 Å². The van der Waals surface area contributed by atoms with E-state index >= 15 is 0 Å². The van der Waals surface area contributed by atoms with Crippen molar-refractivity contribution >= 4 is 16.8 Å². The smallest absolute Gasteiger partial charge is 0.220 e. The molecule has 0 aliphatic carbocycles. The SMILES string of the molecule is COc1ccc([C@H](CC(=O)NCCN2CCCC2)c2cn(Cc3ccc(C)cc3)c3ccccc23)cc1OC. The van der Waals surface area contributed by atoms with Crippen molar-refractivity contribution < 1.29 is 14.3 Å². The number of hydrogen-bond donors (Lipinski definition) is 1. The van der Waals surface area contributed by atoms with Crippen LogP contribution in [0.2, 0.25) is 0 Å². The van der Waals surface area contributed by atoms with Crippen LogP contribution in [0, 0.1) is 6.92 Å². The third kappa shape index (κ3) is 6.28. The second kappa shape index (κ2) is 12.4. The van der Waals surface area contributed by atoms with Gasteiger partial charge in [0.25, 0.3) is 0 Å². The molecule has 204 valence electrons. The van der Waals surface area contributed by atoms with Crippen molar-refractivity contribution in [2.75, 3.05) is 40.4 Å². The van der Waals surface area contributed by atoms with Gasteiger partial charge in [-0.15, -0.1) is 0 Å². The van der Waals surface area contributed by atoms with Crippen LogP contribution in [0.4, 0.5) is 0 Å². The molecule has 1 aliphatic heterocycles. The van der Waals surface area contributed by atoms with Gasteiger partial charge in [0.2, 0.25) is 5.91 Å². The number of para-hydroxylation sites is 1. The lowest BCUT2D eigenvalue weighted by atomic mass is 9.87. The largest absolute Gasteiger partial charge is 0.493 e. The van der Waals surface area contributed by atoms with Crippen molar-refractivity contribution in [3.05, 3.63) is 95.2 Å². The molecule has 0 saturated carbocycles. The summed E-state index contributed by atoms with van der Waals surface area (Å²) < 4.78 is 13.4. The van der Waals surface area contributed by atoms with Gasteiger partial charge in [-0.05, 0) is 67.7 Å². The van der Waals surface area contributed by atoms with E-state index in [0.717, 1.165) is 48.2 Å². The summed E-state index contributed by atoms with van der Waals surface area (Å²) in [6.45, 7) is 6.71. The number of nitrogens with one attached hydrogen (secondary N) is 1. The second-order valence-electron chi connectivity index (χ2n) is 10.5. The third-order valence-electron chi connectivity index (χ3n) is 7.82. The van der Waals surface area contributed by atoms with Crippen LogP contribution in [0.1, 0.15) is 47.4 Å². The summed E-state index contributed by atoms with van der Waals surface area (Å²) in [4.78, 5) is 15.7. The van der Waals surface area contributed by atoms with Crippen molar-refractivity contribution in [3.63, 3.8) is 0 Å². The van der Waals surface area contributed by atoms with Gasteiger partial charge in [0.15, 0.2) is 11.5 Å². The zero-order chi connectivity index (χ0) is 27.2. The number of carbonyl (C=O) groups excluding carboxylic acids is 1. The topological polar surface area (TPSA) is 55.7 Å². The molecule has 1 fully saturated rings. The maximum absolute atomic E-state index is 13.3. The van der Waals surface area contributed by atoms with E-state index in [1.807, 2.05) is 12.1 Å². The summed E-state index contributed by atoms with van der Waals surface area (Å²) in [7, 11) is 3.29. The van der Waals surface area contributed by atoms with Crippen molar-refractivity contribution in [1.29, 1.82) is 0 Å². The van der Waals surface area contributed by atoms with Crippen LogP contribution < -0.4 is 14.8 Å². The zero-order valence-electron chi connectivity index (χ0n) is 23.3. The van der Waals surface area contributed by atoms with Gasteiger partial charge in [-0.3, -0.25) is 4.79 Å². The summed E-state index contributed by atoms with van der Waals surface area (Å²) in [6.07, 6.45) is 5.08. The summed E-state index contributed by atoms with van der Waals surface area (Å²) >= 11 is 0. The van der Waals surface area contributed by atoms with E-state index in [4.69, 9.17) is 9.47 Å². The summed E-state index contributed by atoms with van der Waals surface area (Å²) in [6, 6.07) is 23.1. The number of rotatable bonds is 11. The third-order valence-corrected chi connectivity index (χ3v) is 7.82. The Kier molecular flexibility index (Phi) is 8.52. The molecule has 1 aliphatic rings. The Balaban J connectivity index is 1.48. The Labute approximate surface area is 231 Å². The minimum atomic E-state index is -0.138. The van der Waals surface area contributed by atoms with E-state index in [2.05, 4.69) is 82.5 Å². The van der Waals surface area contributed by atoms with E-state index in [0.29, 0.717) is 24.5 Å². The van der Waals surface area contributed by atoms with E-state index in [1.54, 1.807) is 14.2 Å². The van der Waals surface area contributed by atoms with Crippen LogP contribution in [0.3, 0.4) is 0 Å². The molecule has 1 saturated heterocycles. The van der Waals surface area contributed by atoms with Gasteiger partial charge in [0.05, 0.1) is 14.2 Å². The number of likely N-dealkylation sites (tertiary alicyclic amines) is 1. The highest BCUT2D eigenvalue weighted by Gasteiger charge is 2.24. The van der Waals surface area contributed by atoms with Gasteiger partial charge in [0, 0.05) is 49.1 Å². The number of benzene rings is 3. The van der Waals surface area contributed by atoms with Gasteiger partial charge in [0.1, 0.15) is 0 Å². The molecule has 2 heterocycles. The van der Waals surface area contributed by atoms with E-state index < -0.39 is 0 Å². The fourth-order valence-corrected chi connectivity index (χ4v) is 5.67. The first-order chi connectivity index (χ1) is 19.1. The lowest BCUT2D eigenvalue weighted by Gasteiger charge is -2.20. The first-order valence-electron chi connectivity index (χ1n) is 13.9. The number of methoxy groups -OCH3 is 2. The monoisotopic (exact) mass is 525 g/mol. The summed E-state index contributed by atoms with van der Waals surface area (Å²) in [5.41, 5.74) is 5.82. The van der Waals surface area contributed by atoms with Crippen LogP contribution in [0.15, 0.2) is 72.9 Å². The van der Waals surface area contributed by atoms with Gasteiger partial charge in [-0.2, -0.15) is 0 Å². The molecule has 39 heavy (non-hydrogen) atoms. The Morgan fingerprint density at radius 3 is 2.44 bits per heavy atom. The molecule has 6 heteroatoms. The van der Waals surface area contributed by atoms with E-state index in [-0.39, 0.29) is 11.8 Å². The predicted molar refractivity (Wildman–Crippen MR) is 157 cm³/mol. The highest BCUT2D eigenvalue weighted by Crippen LogP contribution is 2.38. The Morgan fingerprint density at radius 2 is 1.69 bits per heavy atom. The number of ether oxygens (including phenoxy) is 2. The minimum absolute atomic E-state index is 0.0596. The predicted octanol–water partition coefficient (Wildman–Crippen LogP) is 5.75. The lowest BCUT2D eigenvalue weighted by molar-refractivity contribution is -0.121. The molecule has 0 bridgehead atoms. The molecule has 1 atom stereocenters. The molecule has 1 N–H and O–H groups in total. The van der Waals surface area contributed by atoms with Crippen LogP contribution in [0.25, 0.3) is 10.9 Å². The molecule has 4 aromatic rings. The first-order valence-corrected chi connectivity index (χ1v) is 13.9. The zero-order valence-corrected chi connectivity index (χ0v) is 23.3. The standard InChI is InChI=1S/C33H39N3O3/c1-24-10-12-25(13-11-24)22-36-23-29(27-8-4-5-9-30(27)36)28(26-14-15-31(38-2)32(20-26)39-3)21-33(37)34-16-19-35-17-6-7-18-35/h4-5,8-15,20,23,28H,6-7,16-19,21-22H2,1-3H3,(H,34,37)/t28-/m0/s1. The number of aromatic nitrogens is 1. The van der Waals surface area contributed by atoms with Crippen molar-refractivity contribution in [2.24, 2.45) is 0 Å². The van der Waals surface area contributed by atoms with Crippen LogP contribution in [-0.2, 0) is 11.3 Å². The number of fused-ring (bicyclic) bond motifs is 1. The molecule has 6 nitrogen and oxygen atoms in total. The molecular formula is C33H39N3O3. The van der Waals surface area contributed by atoms with Gasteiger partial charge in [-0.25, -0.2) is 0 Å². The number of carbonyl (C=O) groups is 1. The second-order valence-corrected chi connectivity index (χ2v) is 10.5. The lowest BCUT2D eigenvalue weighted by Crippen LogP contribution is -2.34. The van der Waals surface area contributed by atoms with Crippen molar-refractivity contribution in [3.8, 4) is 11.5 Å². The number of hydrogen-bond acceptors (Lipinski definition) is 4. The molecule has 0 unspecified atom stereocenters. The summed E-state index contributed by atoms with van der Waals surface area (Å²) in [5, 5.41) is 4.35. The summed E-state index contributed by atoms with van der Waals surface area (Å²) in [5.74, 6) is 1.26. The molecule has 0 radical (unpaired) electrons. The number of amides is 1. The molecule has 5 rings (SSSR count). The maximum Gasteiger partial charge on any atom is 0.220 e. The van der Waals surface area contributed by atoms with Crippen LogP contribution in [0.5, 0.6) is 11.5 Å². The fourth-order valence-electron chi connectivity index (χ4n) is 5.67. The van der Waals surface area contributed by atoms with Crippen molar-refractivity contribution in [2.45, 2.75) is 38.6 Å². The molecular weight excluding hydrogens is 486 g/mol. The average Bonchev–Trinajstić information content (AvgIpc) is 3.61. The fraction of sp³-hybridized carbons (Fsp3) is 0.364. The van der Waals surface area contributed by atoms with E-state index in [9.17, 15) is 4.79 Å². The first kappa shape index (κ1) is 26.8. The number of aryl methyl sites for hydroxylation is 1. The normalized spacial score (nSPS) is 14.4. The highest BCUT2D eigenvalue weighted by atomic mass is 16.5. The Morgan fingerprint density at radius 1 is 0.949 bits per heavy atom. The Hall–Kier alpha value is -3.77. The maximum atomic E-state index is 13.3.